The lowest BCUT2D eigenvalue weighted by Crippen LogP contribution is -2.54. The number of benzene rings is 3. The predicted molar refractivity (Wildman–Crippen MR) is 170 cm³/mol. The van der Waals surface area contributed by atoms with Crippen molar-refractivity contribution >= 4 is 57.4 Å². The SMILES string of the molecule is O=C(Cn1c2ccccc2c2cccnc21)NCc1ccc(CNC(=O)c2ccc3c(c2)C(=O)N(C2CCC(=O)NC2=O)C3=O)cc1F. The summed E-state index contributed by atoms with van der Waals surface area (Å²) in [6.07, 6.45) is 1.68. The van der Waals surface area contributed by atoms with Gasteiger partial charge in [0.1, 0.15) is 24.1 Å². The maximum atomic E-state index is 15.0. The van der Waals surface area contributed by atoms with Crippen molar-refractivity contribution in [1.82, 2.24) is 30.4 Å². The minimum atomic E-state index is -1.11. The van der Waals surface area contributed by atoms with Gasteiger partial charge in [0.25, 0.3) is 17.7 Å². The van der Waals surface area contributed by atoms with Crippen LogP contribution in [0, 0.1) is 5.82 Å². The van der Waals surface area contributed by atoms with Gasteiger partial charge in [-0.15, -0.1) is 0 Å². The van der Waals surface area contributed by atoms with Gasteiger partial charge in [0.05, 0.1) is 16.6 Å². The second kappa shape index (κ2) is 12.2. The van der Waals surface area contributed by atoms with Crippen molar-refractivity contribution in [2.75, 3.05) is 0 Å². The summed E-state index contributed by atoms with van der Waals surface area (Å²) in [5.41, 5.74) is 2.40. The van der Waals surface area contributed by atoms with E-state index in [1.165, 1.54) is 30.3 Å². The number of amides is 6. The standard InChI is InChI=1S/C35H27FN6O6/c36-26-14-19(7-8-21(26)17-38-30(44)18-41-27-6-2-1-4-22(27)23-5-3-13-37-31(23)41)16-39-32(45)20-9-10-24-25(15-20)35(48)42(34(24)47)28-11-12-29(43)40-33(28)46/h1-10,13-15,28H,11-12,16-18H2,(H,38,44)(H,39,45)(H,40,43,46). The summed E-state index contributed by atoms with van der Waals surface area (Å²) in [6, 6.07) is 18.8. The first-order valence-corrected chi connectivity index (χ1v) is 15.2. The summed E-state index contributed by atoms with van der Waals surface area (Å²) in [5.74, 6) is -4.03. The van der Waals surface area contributed by atoms with Crippen LogP contribution in [0.1, 0.15) is 55.0 Å². The number of carbonyl (C=O) groups excluding carboxylic acids is 6. The first-order valence-electron chi connectivity index (χ1n) is 15.2. The first-order chi connectivity index (χ1) is 23.2. The number of hydrogen-bond acceptors (Lipinski definition) is 7. The van der Waals surface area contributed by atoms with E-state index >= 15 is 4.39 Å². The molecular weight excluding hydrogens is 619 g/mol. The number of pyridine rings is 1. The quantitative estimate of drug-likeness (QED) is 0.219. The number of halogens is 1. The van der Waals surface area contributed by atoms with E-state index in [1.54, 1.807) is 12.3 Å². The van der Waals surface area contributed by atoms with Gasteiger partial charge < -0.3 is 15.2 Å². The van der Waals surface area contributed by atoms with Crippen LogP contribution < -0.4 is 16.0 Å². The molecule has 13 heteroatoms. The smallest absolute Gasteiger partial charge is 0.262 e. The van der Waals surface area contributed by atoms with Crippen LogP contribution in [0.3, 0.4) is 0 Å². The van der Waals surface area contributed by atoms with Crippen LogP contribution >= 0.6 is 0 Å². The van der Waals surface area contributed by atoms with Crippen molar-refractivity contribution in [1.29, 1.82) is 0 Å². The summed E-state index contributed by atoms with van der Waals surface area (Å²) in [7, 11) is 0. The Hall–Kier alpha value is -6.24. The molecule has 48 heavy (non-hydrogen) atoms. The van der Waals surface area contributed by atoms with Gasteiger partial charge in [0, 0.05) is 47.6 Å². The fourth-order valence-corrected chi connectivity index (χ4v) is 6.17. The number of aromatic nitrogens is 2. The molecule has 0 aliphatic carbocycles. The summed E-state index contributed by atoms with van der Waals surface area (Å²) in [5, 5.41) is 9.50. The Morgan fingerprint density at radius 2 is 1.67 bits per heavy atom. The lowest BCUT2D eigenvalue weighted by atomic mass is 10.0. The van der Waals surface area contributed by atoms with Crippen molar-refractivity contribution in [3.8, 4) is 0 Å². The molecule has 1 atom stereocenters. The number of imide groups is 2. The van der Waals surface area contributed by atoms with Crippen molar-refractivity contribution < 1.29 is 33.2 Å². The van der Waals surface area contributed by atoms with E-state index in [0.29, 0.717) is 11.2 Å². The molecule has 2 aromatic heterocycles. The summed E-state index contributed by atoms with van der Waals surface area (Å²) in [6.45, 7) is -0.0702. The topological polar surface area (TPSA) is 160 Å². The molecule has 3 N–H and O–H groups in total. The number of hydrogen-bond donors (Lipinski definition) is 3. The number of rotatable bonds is 8. The van der Waals surface area contributed by atoms with E-state index in [1.807, 2.05) is 41.0 Å². The summed E-state index contributed by atoms with van der Waals surface area (Å²) >= 11 is 0. The van der Waals surface area contributed by atoms with Gasteiger partial charge in [-0.1, -0.05) is 30.3 Å². The van der Waals surface area contributed by atoms with Gasteiger partial charge >= 0.3 is 0 Å². The maximum absolute atomic E-state index is 15.0. The van der Waals surface area contributed by atoms with Gasteiger partial charge in [-0.3, -0.25) is 39.0 Å². The van der Waals surface area contributed by atoms with Crippen LogP contribution in [-0.4, -0.2) is 55.9 Å². The molecule has 4 heterocycles. The second-order valence-corrected chi connectivity index (χ2v) is 11.6. The zero-order chi connectivity index (χ0) is 33.5. The van der Waals surface area contributed by atoms with E-state index < -0.39 is 41.4 Å². The molecule has 5 aromatic rings. The van der Waals surface area contributed by atoms with Crippen molar-refractivity contribution in [3.05, 3.63) is 113 Å². The third kappa shape index (κ3) is 5.44. The van der Waals surface area contributed by atoms with Crippen LogP contribution in [-0.2, 0) is 34.0 Å². The van der Waals surface area contributed by atoms with Gasteiger partial charge in [-0.2, -0.15) is 0 Å². The molecule has 3 aromatic carbocycles. The largest absolute Gasteiger partial charge is 0.350 e. The third-order valence-corrected chi connectivity index (χ3v) is 8.58. The first kappa shape index (κ1) is 30.4. The average Bonchev–Trinajstić information content (AvgIpc) is 3.53. The van der Waals surface area contributed by atoms with Crippen LogP contribution in [0.15, 0.2) is 79.0 Å². The van der Waals surface area contributed by atoms with Crippen molar-refractivity contribution in [2.24, 2.45) is 0 Å². The fourth-order valence-electron chi connectivity index (χ4n) is 6.17. The molecule has 1 saturated heterocycles. The number of nitrogens with one attached hydrogen (secondary N) is 3. The number of fused-ring (bicyclic) bond motifs is 4. The normalized spacial score (nSPS) is 15.9. The number of piperidine rings is 1. The highest BCUT2D eigenvalue weighted by Crippen LogP contribution is 2.29. The summed E-state index contributed by atoms with van der Waals surface area (Å²) < 4.78 is 16.8. The maximum Gasteiger partial charge on any atom is 0.262 e. The van der Waals surface area contributed by atoms with E-state index in [-0.39, 0.29) is 60.6 Å². The van der Waals surface area contributed by atoms with E-state index in [4.69, 9.17) is 0 Å². The molecule has 0 spiro atoms. The molecule has 6 amide bonds. The highest BCUT2D eigenvalue weighted by atomic mass is 19.1. The molecule has 12 nitrogen and oxygen atoms in total. The lowest BCUT2D eigenvalue weighted by Gasteiger charge is -2.27. The van der Waals surface area contributed by atoms with E-state index in [9.17, 15) is 28.8 Å². The fraction of sp³-hybridized carbons (Fsp3) is 0.171. The third-order valence-electron chi connectivity index (χ3n) is 8.58. The Morgan fingerprint density at radius 1 is 0.875 bits per heavy atom. The Morgan fingerprint density at radius 3 is 2.48 bits per heavy atom. The average molecular weight is 647 g/mol. The van der Waals surface area contributed by atoms with Crippen LogP contribution in [0.4, 0.5) is 4.39 Å². The van der Waals surface area contributed by atoms with Gasteiger partial charge in [-0.05, 0) is 54.4 Å². The number of carbonyl (C=O) groups is 6. The number of para-hydroxylation sites is 1. The van der Waals surface area contributed by atoms with E-state index in [0.717, 1.165) is 21.2 Å². The zero-order valence-electron chi connectivity index (χ0n) is 25.3. The lowest BCUT2D eigenvalue weighted by molar-refractivity contribution is -0.136. The van der Waals surface area contributed by atoms with Gasteiger partial charge in [0.2, 0.25) is 17.7 Å². The van der Waals surface area contributed by atoms with Gasteiger partial charge in [0.15, 0.2) is 0 Å². The van der Waals surface area contributed by atoms with Gasteiger partial charge in [-0.25, -0.2) is 9.37 Å². The highest BCUT2D eigenvalue weighted by molar-refractivity contribution is 6.24. The molecule has 0 radical (unpaired) electrons. The van der Waals surface area contributed by atoms with E-state index in [2.05, 4.69) is 20.9 Å². The highest BCUT2D eigenvalue weighted by Gasteiger charge is 2.44. The van der Waals surface area contributed by atoms with Crippen molar-refractivity contribution in [3.63, 3.8) is 0 Å². The predicted octanol–water partition coefficient (Wildman–Crippen LogP) is 2.98. The second-order valence-electron chi connectivity index (χ2n) is 11.6. The number of nitrogens with zero attached hydrogens (tertiary/aromatic N) is 3. The molecule has 2 aliphatic rings. The van der Waals surface area contributed by atoms with Crippen molar-refractivity contribution in [2.45, 2.75) is 38.5 Å². The molecule has 2 aliphatic heterocycles. The monoisotopic (exact) mass is 646 g/mol. The molecule has 0 saturated carbocycles. The molecule has 240 valence electrons. The van der Waals surface area contributed by atoms with Crippen LogP contribution in [0.5, 0.6) is 0 Å². The van der Waals surface area contributed by atoms with Crippen LogP contribution in [0.25, 0.3) is 21.9 Å². The zero-order valence-corrected chi connectivity index (χ0v) is 25.3. The summed E-state index contributed by atoms with van der Waals surface area (Å²) in [4.78, 5) is 80.9. The Kier molecular flexibility index (Phi) is 7.71. The molecule has 1 fully saturated rings. The minimum Gasteiger partial charge on any atom is -0.350 e. The molecule has 1 unspecified atom stereocenters. The molecular formula is C35H27FN6O6. The molecule has 7 rings (SSSR count). The Balaban J connectivity index is 0.964. The molecule has 0 bridgehead atoms. The Bertz CT molecular complexity index is 2160. The van der Waals surface area contributed by atoms with Crippen LogP contribution in [0.2, 0.25) is 0 Å². The minimum absolute atomic E-state index is 0.00413. The Labute approximate surface area is 271 Å².